The summed E-state index contributed by atoms with van der Waals surface area (Å²) >= 11 is 5.48. The lowest BCUT2D eigenvalue weighted by Gasteiger charge is -2.36. The third kappa shape index (κ3) is 3.49. The number of ether oxygens (including phenoxy) is 1. The van der Waals surface area contributed by atoms with Gasteiger partial charge >= 0.3 is 0 Å². The zero-order valence-corrected chi connectivity index (χ0v) is 13.0. The molecular formula is C14H23N3OS. The summed E-state index contributed by atoms with van der Waals surface area (Å²) in [5, 5.41) is 3.05. The summed E-state index contributed by atoms with van der Waals surface area (Å²) in [5.74, 6) is 0. The Morgan fingerprint density at radius 3 is 2.53 bits per heavy atom. The van der Waals surface area contributed by atoms with E-state index in [9.17, 15) is 0 Å². The van der Waals surface area contributed by atoms with E-state index in [1.54, 1.807) is 13.3 Å². The Balaban J connectivity index is 3.19. The van der Waals surface area contributed by atoms with Crippen molar-refractivity contribution in [3.63, 3.8) is 0 Å². The molecule has 4 nitrogen and oxygen atoms in total. The van der Waals surface area contributed by atoms with Gasteiger partial charge in [-0.3, -0.25) is 4.98 Å². The molecule has 0 fully saturated rings. The number of nitrogens with one attached hydrogen (secondary N) is 1. The highest BCUT2D eigenvalue weighted by molar-refractivity contribution is 7.80. The first-order valence-corrected chi connectivity index (χ1v) is 6.96. The number of hydrogen-bond donors (Lipinski definition) is 1. The van der Waals surface area contributed by atoms with Crippen molar-refractivity contribution in [2.45, 2.75) is 19.4 Å². The van der Waals surface area contributed by atoms with Crippen molar-refractivity contribution in [2.75, 3.05) is 33.8 Å². The Kier molecular flexibility index (Phi) is 6.34. The predicted molar refractivity (Wildman–Crippen MR) is 82.4 cm³/mol. The standard InChI is InChI=1S/C14H23N3OS/c1-5-17(6-2)11-14(18-4,13(19)15-3)12-9-7-8-10-16-12/h7-10H,5-6,11H2,1-4H3,(H,15,19). The van der Waals surface area contributed by atoms with Gasteiger partial charge in [-0.05, 0) is 25.2 Å². The van der Waals surface area contributed by atoms with Crippen LogP contribution in [0.4, 0.5) is 0 Å². The number of pyridine rings is 1. The Hall–Kier alpha value is -1.04. The van der Waals surface area contributed by atoms with Crippen molar-refractivity contribution in [3.05, 3.63) is 30.1 Å². The smallest absolute Gasteiger partial charge is 0.172 e. The molecule has 5 heteroatoms. The zero-order valence-electron chi connectivity index (χ0n) is 12.1. The number of thiocarbonyl (C=S) groups is 1. The highest BCUT2D eigenvalue weighted by Crippen LogP contribution is 2.26. The van der Waals surface area contributed by atoms with Crippen LogP contribution < -0.4 is 5.32 Å². The van der Waals surface area contributed by atoms with Crippen LogP contribution in [0.2, 0.25) is 0 Å². The average molecular weight is 281 g/mol. The average Bonchev–Trinajstić information content (AvgIpc) is 2.49. The molecule has 0 radical (unpaired) electrons. The van der Waals surface area contributed by atoms with E-state index in [2.05, 4.69) is 29.0 Å². The molecule has 1 atom stereocenters. The maximum Gasteiger partial charge on any atom is 0.172 e. The van der Waals surface area contributed by atoms with E-state index in [1.807, 2.05) is 25.2 Å². The second-order valence-electron chi connectivity index (χ2n) is 4.29. The molecule has 1 aromatic rings. The molecule has 19 heavy (non-hydrogen) atoms. The summed E-state index contributed by atoms with van der Waals surface area (Å²) in [4.78, 5) is 7.37. The van der Waals surface area contributed by atoms with Crippen molar-refractivity contribution in [1.82, 2.24) is 15.2 Å². The van der Waals surface area contributed by atoms with E-state index < -0.39 is 5.60 Å². The van der Waals surface area contributed by atoms with Gasteiger partial charge in [-0.25, -0.2) is 0 Å². The molecule has 0 aromatic carbocycles. The van der Waals surface area contributed by atoms with E-state index in [4.69, 9.17) is 17.0 Å². The first-order valence-electron chi connectivity index (χ1n) is 6.55. The van der Waals surface area contributed by atoms with Crippen LogP contribution in [-0.2, 0) is 10.3 Å². The SMILES string of the molecule is CCN(CC)CC(OC)(C(=S)NC)c1ccccn1. The monoisotopic (exact) mass is 281 g/mol. The van der Waals surface area contributed by atoms with Gasteiger partial charge in [-0.15, -0.1) is 0 Å². The minimum absolute atomic E-state index is 0.653. The van der Waals surface area contributed by atoms with E-state index in [1.165, 1.54) is 0 Å². The van der Waals surface area contributed by atoms with Crippen molar-refractivity contribution in [1.29, 1.82) is 0 Å². The Labute approximate surface area is 121 Å². The van der Waals surface area contributed by atoms with Gasteiger partial charge in [-0.1, -0.05) is 32.1 Å². The second-order valence-corrected chi connectivity index (χ2v) is 4.69. The van der Waals surface area contributed by atoms with Crippen LogP contribution in [0.1, 0.15) is 19.5 Å². The molecule has 1 rings (SSSR count). The maximum atomic E-state index is 5.80. The van der Waals surface area contributed by atoms with Crippen LogP contribution in [0.15, 0.2) is 24.4 Å². The number of hydrogen-bond acceptors (Lipinski definition) is 4. The molecule has 106 valence electrons. The van der Waals surface area contributed by atoms with Crippen LogP contribution in [0.25, 0.3) is 0 Å². The van der Waals surface area contributed by atoms with E-state index in [0.29, 0.717) is 11.5 Å². The first-order chi connectivity index (χ1) is 9.14. The van der Waals surface area contributed by atoms with E-state index in [-0.39, 0.29) is 0 Å². The van der Waals surface area contributed by atoms with Crippen LogP contribution in [0.3, 0.4) is 0 Å². The fourth-order valence-corrected chi connectivity index (χ4v) is 2.35. The number of rotatable bonds is 7. The molecule has 0 aliphatic carbocycles. The predicted octanol–water partition coefficient (Wildman–Crippen LogP) is 1.81. The largest absolute Gasteiger partial charge is 0.380 e. The summed E-state index contributed by atoms with van der Waals surface area (Å²) in [5.41, 5.74) is 0.140. The lowest BCUT2D eigenvalue weighted by atomic mass is 9.97. The van der Waals surface area contributed by atoms with Gasteiger partial charge in [0.1, 0.15) is 4.99 Å². The van der Waals surface area contributed by atoms with Crippen molar-refractivity contribution >= 4 is 17.2 Å². The van der Waals surface area contributed by atoms with Crippen LogP contribution >= 0.6 is 12.2 Å². The number of aromatic nitrogens is 1. The number of likely N-dealkylation sites (N-methyl/N-ethyl adjacent to an activating group) is 2. The molecule has 0 spiro atoms. The van der Waals surface area contributed by atoms with Crippen LogP contribution in [0.5, 0.6) is 0 Å². The Morgan fingerprint density at radius 2 is 2.11 bits per heavy atom. The Bertz CT molecular complexity index is 395. The van der Waals surface area contributed by atoms with Crippen molar-refractivity contribution < 1.29 is 4.74 Å². The Morgan fingerprint density at radius 1 is 1.42 bits per heavy atom. The molecular weight excluding hydrogens is 258 g/mol. The minimum Gasteiger partial charge on any atom is -0.380 e. The van der Waals surface area contributed by atoms with Gasteiger partial charge < -0.3 is 15.0 Å². The molecule has 0 aliphatic rings. The van der Waals surface area contributed by atoms with Crippen molar-refractivity contribution in [2.24, 2.45) is 0 Å². The summed E-state index contributed by atoms with van der Waals surface area (Å²) < 4.78 is 5.80. The lowest BCUT2D eigenvalue weighted by Crippen LogP contribution is -2.51. The van der Waals surface area contributed by atoms with Gasteiger partial charge in [0.05, 0.1) is 5.69 Å². The third-order valence-electron chi connectivity index (χ3n) is 3.36. The minimum atomic E-state index is -0.697. The van der Waals surface area contributed by atoms with Gasteiger partial charge in [0, 0.05) is 26.9 Å². The van der Waals surface area contributed by atoms with Crippen LogP contribution in [-0.4, -0.2) is 48.7 Å². The molecule has 0 amide bonds. The molecule has 0 saturated carbocycles. The summed E-state index contributed by atoms with van der Waals surface area (Å²) in [7, 11) is 3.50. The lowest BCUT2D eigenvalue weighted by molar-refractivity contribution is 0.0128. The number of nitrogens with zero attached hydrogens (tertiary/aromatic N) is 2. The van der Waals surface area contributed by atoms with Gasteiger partial charge in [0.15, 0.2) is 5.60 Å². The van der Waals surface area contributed by atoms with Crippen molar-refractivity contribution in [3.8, 4) is 0 Å². The normalized spacial score (nSPS) is 14.2. The highest BCUT2D eigenvalue weighted by Gasteiger charge is 2.39. The molecule has 1 unspecified atom stereocenters. The van der Waals surface area contributed by atoms with E-state index in [0.717, 1.165) is 18.8 Å². The molecule has 0 bridgehead atoms. The summed E-state index contributed by atoms with van der Waals surface area (Å²) in [6.45, 7) is 6.84. The van der Waals surface area contributed by atoms with Gasteiger partial charge in [-0.2, -0.15) is 0 Å². The molecule has 0 aliphatic heterocycles. The van der Waals surface area contributed by atoms with Crippen LogP contribution in [0, 0.1) is 0 Å². The summed E-state index contributed by atoms with van der Waals surface area (Å²) in [6, 6.07) is 5.80. The first kappa shape index (κ1) is 16.0. The summed E-state index contributed by atoms with van der Waals surface area (Å²) in [6.07, 6.45) is 1.77. The van der Waals surface area contributed by atoms with Gasteiger partial charge in [0.2, 0.25) is 0 Å². The zero-order chi connectivity index (χ0) is 14.3. The van der Waals surface area contributed by atoms with Gasteiger partial charge in [0.25, 0.3) is 0 Å². The highest BCUT2D eigenvalue weighted by atomic mass is 32.1. The molecule has 1 N–H and O–H groups in total. The molecule has 1 heterocycles. The topological polar surface area (TPSA) is 37.4 Å². The fraction of sp³-hybridized carbons (Fsp3) is 0.571. The second kappa shape index (κ2) is 7.53. The molecule has 1 aromatic heterocycles. The fourth-order valence-electron chi connectivity index (χ4n) is 2.10. The third-order valence-corrected chi connectivity index (χ3v) is 3.90. The maximum absolute atomic E-state index is 5.80. The molecule has 0 saturated heterocycles. The quantitative estimate of drug-likeness (QED) is 0.772. The van der Waals surface area contributed by atoms with E-state index >= 15 is 0 Å². The number of methoxy groups -OCH3 is 1.